The van der Waals surface area contributed by atoms with Crippen LogP contribution in [0.5, 0.6) is 5.75 Å². The molecule has 1 aliphatic rings. The minimum absolute atomic E-state index is 0.0708. The van der Waals surface area contributed by atoms with Crippen LogP contribution in [0.4, 0.5) is 13.6 Å². The molecule has 4 rings (SSSR count). The van der Waals surface area contributed by atoms with Crippen molar-refractivity contribution in [1.29, 1.82) is 0 Å². The lowest BCUT2D eigenvalue weighted by Crippen LogP contribution is -2.43. The standard InChI is InChI=1S/C15H21N3O6.C13H10F2.C2H6/c1-4-6-17-7-8-18-12(14(17)20)13(11(19)9-16-18)23-10(3)24-15(21)22-5-2;14-12-5-1-10(2-6-12)9-11-3-7-13(15)8-4-11;1-2/h9-10H,4-8H2,1-3H3;1-8H,9H2;1-2H3. The van der Waals surface area contributed by atoms with E-state index in [4.69, 9.17) is 9.47 Å². The molecule has 1 aromatic heterocycles. The number of amides is 1. The third kappa shape index (κ3) is 10.0. The number of fused-ring (bicyclic) bond motifs is 1. The second-order valence-corrected chi connectivity index (χ2v) is 8.62. The van der Waals surface area contributed by atoms with Crippen LogP contribution in [0.1, 0.15) is 62.7 Å². The van der Waals surface area contributed by atoms with Gasteiger partial charge in [-0.2, -0.15) is 5.10 Å². The fourth-order valence-electron chi connectivity index (χ4n) is 3.83. The van der Waals surface area contributed by atoms with Crippen LogP contribution in [0.25, 0.3) is 0 Å². The summed E-state index contributed by atoms with van der Waals surface area (Å²) in [6.07, 6.45) is 0.582. The molecule has 0 radical (unpaired) electrons. The molecule has 3 aromatic rings. The number of halogens is 2. The van der Waals surface area contributed by atoms with Gasteiger partial charge in [-0.05, 0) is 55.2 Å². The van der Waals surface area contributed by atoms with Gasteiger partial charge in [0, 0.05) is 20.0 Å². The van der Waals surface area contributed by atoms with Gasteiger partial charge in [0.2, 0.25) is 17.5 Å². The Kier molecular flexibility index (Phi) is 13.4. The van der Waals surface area contributed by atoms with Crippen LogP contribution in [-0.2, 0) is 22.4 Å². The zero-order valence-corrected chi connectivity index (χ0v) is 24.1. The van der Waals surface area contributed by atoms with Crippen molar-refractivity contribution in [2.24, 2.45) is 0 Å². The summed E-state index contributed by atoms with van der Waals surface area (Å²) >= 11 is 0. The highest BCUT2D eigenvalue weighted by atomic mass is 19.1. The maximum absolute atomic E-state index is 12.6. The molecule has 1 atom stereocenters. The summed E-state index contributed by atoms with van der Waals surface area (Å²) in [5.74, 6) is -0.977. The van der Waals surface area contributed by atoms with Gasteiger partial charge in [-0.1, -0.05) is 45.0 Å². The second-order valence-electron chi connectivity index (χ2n) is 8.62. The molecule has 0 bridgehead atoms. The highest BCUT2D eigenvalue weighted by Crippen LogP contribution is 2.20. The molecule has 2 aromatic carbocycles. The molecule has 9 nitrogen and oxygen atoms in total. The molecule has 222 valence electrons. The summed E-state index contributed by atoms with van der Waals surface area (Å²) in [6.45, 7) is 10.8. The normalized spacial score (nSPS) is 12.6. The molecule has 11 heteroatoms. The fourth-order valence-corrected chi connectivity index (χ4v) is 3.83. The number of nitrogens with zero attached hydrogens (tertiary/aromatic N) is 3. The average Bonchev–Trinajstić information content (AvgIpc) is 2.96. The van der Waals surface area contributed by atoms with E-state index in [9.17, 15) is 23.2 Å². The van der Waals surface area contributed by atoms with E-state index in [0.717, 1.165) is 23.7 Å². The van der Waals surface area contributed by atoms with Crippen LogP contribution >= 0.6 is 0 Å². The van der Waals surface area contributed by atoms with Crippen molar-refractivity contribution in [1.82, 2.24) is 14.7 Å². The topological polar surface area (TPSA) is 100.0 Å². The second kappa shape index (κ2) is 16.7. The van der Waals surface area contributed by atoms with Gasteiger partial charge in [-0.3, -0.25) is 14.3 Å². The average molecular weight is 574 g/mol. The van der Waals surface area contributed by atoms with Crippen molar-refractivity contribution >= 4 is 12.1 Å². The zero-order valence-electron chi connectivity index (χ0n) is 24.1. The number of carbonyl (C=O) groups is 2. The van der Waals surface area contributed by atoms with Crippen molar-refractivity contribution in [3.8, 4) is 5.75 Å². The van der Waals surface area contributed by atoms with E-state index in [1.54, 1.807) is 36.1 Å². The van der Waals surface area contributed by atoms with E-state index in [2.05, 4.69) is 9.84 Å². The number of hydrogen-bond donors (Lipinski definition) is 0. The molecule has 1 unspecified atom stereocenters. The monoisotopic (exact) mass is 573 g/mol. The van der Waals surface area contributed by atoms with Gasteiger partial charge >= 0.3 is 6.16 Å². The van der Waals surface area contributed by atoms with Gasteiger partial charge in [0.1, 0.15) is 11.6 Å². The van der Waals surface area contributed by atoms with E-state index in [0.29, 0.717) is 26.1 Å². The first-order chi connectivity index (χ1) is 19.7. The SMILES string of the molecule is CC.CCCN1CCn2ncc(=O)c(OC(C)OC(=O)OCC)c2C1=O.Fc1ccc(Cc2ccc(F)cc2)cc1. The van der Waals surface area contributed by atoms with E-state index in [1.165, 1.54) is 35.9 Å². The van der Waals surface area contributed by atoms with Crippen molar-refractivity contribution in [3.63, 3.8) is 0 Å². The molecular weight excluding hydrogens is 536 g/mol. The lowest BCUT2D eigenvalue weighted by atomic mass is 10.1. The lowest BCUT2D eigenvalue weighted by molar-refractivity contribution is -0.0531. The van der Waals surface area contributed by atoms with Crippen molar-refractivity contribution in [2.75, 3.05) is 19.7 Å². The van der Waals surface area contributed by atoms with Gasteiger partial charge in [0.05, 0.1) is 19.3 Å². The van der Waals surface area contributed by atoms with Crippen molar-refractivity contribution in [3.05, 3.63) is 93.4 Å². The predicted octanol–water partition coefficient (Wildman–Crippen LogP) is 5.59. The highest BCUT2D eigenvalue weighted by Gasteiger charge is 2.30. The Hall–Kier alpha value is -4.28. The number of rotatable bonds is 8. The van der Waals surface area contributed by atoms with Crippen molar-refractivity contribution < 1.29 is 32.6 Å². The van der Waals surface area contributed by atoms with E-state index >= 15 is 0 Å². The Labute approximate surface area is 238 Å². The Morgan fingerprint density at radius 2 is 1.51 bits per heavy atom. The number of carbonyl (C=O) groups excluding carboxylic acids is 2. The van der Waals surface area contributed by atoms with Gasteiger partial charge in [-0.15, -0.1) is 0 Å². The van der Waals surface area contributed by atoms with Crippen LogP contribution in [0.2, 0.25) is 0 Å². The van der Waals surface area contributed by atoms with E-state index in [-0.39, 0.29) is 35.6 Å². The summed E-state index contributed by atoms with van der Waals surface area (Å²) in [4.78, 5) is 37.7. The summed E-state index contributed by atoms with van der Waals surface area (Å²) < 4.78 is 41.6. The van der Waals surface area contributed by atoms with E-state index < -0.39 is 17.9 Å². The third-order valence-electron chi connectivity index (χ3n) is 5.62. The van der Waals surface area contributed by atoms with Gasteiger partial charge in [0.15, 0.2) is 5.69 Å². The molecule has 2 heterocycles. The quantitative estimate of drug-likeness (QED) is 0.256. The molecule has 0 N–H and O–H groups in total. The first kappa shape index (κ1) is 32.9. The molecule has 0 spiro atoms. The fraction of sp³-hybridized carbons (Fsp3) is 0.400. The maximum atomic E-state index is 12.6. The molecule has 0 fully saturated rings. The number of hydrogen-bond acceptors (Lipinski definition) is 7. The third-order valence-corrected chi connectivity index (χ3v) is 5.62. The largest absolute Gasteiger partial charge is 0.511 e. The van der Waals surface area contributed by atoms with E-state index in [1.807, 2.05) is 20.8 Å². The number of benzene rings is 2. The minimum Gasteiger partial charge on any atom is -0.448 e. The predicted molar refractivity (Wildman–Crippen MR) is 150 cm³/mol. The molecule has 0 saturated heterocycles. The Morgan fingerprint density at radius 1 is 0.951 bits per heavy atom. The van der Waals surface area contributed by atoms with Crippen LogP contribution in [-0.4, -0.2) is 52.7 Å². The molecule has 41 heavy (non-hydrogen) atoms. The molecule has 0 aliphatic carbocycles. The zero-order chi connectivity index (χ0) is 30.4. The molecular formula is C30H37F2N3O6. The van der Waals surface area contributed by atoms with Crippen LogP contribution < -0.4 is 10.2 Å². The van der Waals surface area contributed by atoms with Crippen LogP contribution in [0.3, 0.4) is 0 Å². The molecule has 0 saturated carbocycles. The summed E-state index contributed by atoms with van der Waals surface area (Å²) in [5, 5.41) is 3.97. The minimum atomic E-state index is -1.08. The lowest BCUT2D eigenvalue weighted by Gasteiger charge is -2.29. The van der Waals surface area contributed by atoms with Gasteiger partial charge < -0.3 is 19.1 Å². The molecule has 1 amide bonds. The molecule has 1 aliphatic heterocycles. The Morgan fingerprint density at radius 3 is 2.02 bits per heavy atom. The number of aromatic nitrogens is 2. The maximum Gasteiger partial charge on any atom is 0.511 e. The first-order valence-electron chi connectivity index (χ1n) is 13.6. The Balaban J connectivity index is 0.000000296. The van der Waals surface area contributed by atoms with Crippen LogP contribution in [0.15, 0.2) is 59.5 Å². The number of ether oxygens (including phenoxy) is 3. The van der Waals surface area contributed by atoms with Gasteiger partial charge in [0.25, 0.3) is 5.91 Å². The Bertz CT molecular complexity index is 1270. The summed E-state index contributed by atoms with van der Waals surface area (Å²) in [5.41, 5.74) is 1.56. The van der Waals surface area contributed by atoms with Crippen LogP contribution in [0, 0.1) is 11.6 Å². The highest BCUT2D eigenvalue weighted by molar-refractivity contribution is 5.95. The summed E-state index contributed by atoms with van der Waals surface area (Å²) in [6, 6.07) is 12.7. The smallest absolute Gasteiger partial charge is 0.448 e. The summed E-state index contributed by atoms with van der Waals surface area (Å²) in [7, 11) is 0. The van der Waals surface area contributed by atoms with Crippen molar-refractivity contribution in [2.45, 2.75) is 60.3 Å². The first-order valence-corrected chi connectivity index (χ1v) is 13.6. The van der Waals surface area contributed by atoms with Gasteiger partial charge in [-0.25, -0.2) is 13.6 Å².